The van der Waals surface area contributed by atoms with E-state index in [0.29, 0.717) is 18.3 Å². The first kappa shape index (κ1) is 13.5. The molecule has 0 aromatic carbocycles. The van der Waals surface area contributed by atoms with E-state index in [-0.39, 0.29) is 11.5 Å². The van der Waals surface area contributed by atoms with Gasteiger partial charge < -0.3 is 15.0 Å². The smallest absolute Gasteiger partial charge is 0.311 e. The second-order valence-electron chi connectivity index (χ2n) is 4.78. The van der Waals surface area contributed by atoms with Crippen molar-refractivity contribution in [2.45, 2.75) is 6.42 Å². The Hall–Kier alpha value is -1.89. The number of likely N-dealkylation sites (tertiary alicyclic amines) is 1. The highest BCUT2D eigenvalue weighted by Crippen LogP contribution is 2.25. The summed E-state index contributed by atoms with van der Waals surface area (Å²) in [6.45, 7) is 2.76. The fourth-order valence-electron chi connectivity index (χ4n) is 2.26. The Morgan fingerprint density at radius 3 is 3.00 bits per heavy atom. The number of hydrogen-bond donors (Lipinski definition) is 1. The van der Waals surface area contributed by atoms with Crippen molar-refractivity contribution in [2.24, 2.45) is 5.92 Å². The van der Waals surface area contributed by atoms with Gasteiger partial charge in [-0.25, -0.2) is 0 Å². The summed E-state index contributed by atoms with van der Waals surface area (Å²) in [5.41, 5.74) is -0.0212. The summed E-state index contributed by atoms with van der Waals surface area (Å²) < 4.78 is 5.00. The Morgan fingerprint density at radius 1 is 1.63 bits per heavy atom. The Kier molecular flexibility index (Phi) is 4.16. The van der Waals surface area contributed by atoms with E-state index in [1.807, 2.05) is 0 Å². The van der Waals surface area contributed by atoms with Crippen LogP contribution in [0.15, 0.2) is 12.1 Å². The molecule has 0 amide bonds. The molecule has 1 fully saturated rings. The van der Waals surface area contributed by atoms with Gasteiger partial charge in [0.15, 0.2) is 0 Å². The summed E-state index contributed by atoms with van der Waals surface area (Å²) in [6, 6.07) is 2.90. The first-order valence-corrected chi connectivity index (χ1v) is 6.22. The van der Waals surface area contributed by atoms with Crippen molar-refractivity contribution in [3.8, 4) is 5.88 Å². The standard InChI is InChI=1S/C12H18N4O3/c1-15-6-5-9(8-15)7-13-12-10(16(17)18)3-4-11(14-12)19-2/h3-4,9H,5-8H2,1-2H3,(H,13,14). The zero-order valence-corrected chi connectivity index (χ0v) is 11.1. The lowest BCUT2D eigenvalue weighted by Gasteiger charge is -2.12. The molecule has 7 nitrogen and oxygen atoms in total. The van der Waals surface area contributed by atoms with Crippen LogP contribution in [0.5, 0.6) is 5.88 Å². The van der Waals surface area contributed by atoms with Crippen LogP contribution < -0.4 is 10.1 Å². The maximum Gasteiger partial charge on any atom is 0.311 e. The predicted molar refractivity (Wildman–Crippen MR) is 71.5 cm³/mol. The van der Waals surface area contributed by atoms with Gasteiger partial charge in [-0.2, -0.15) is 4.98 Å². The van der Waals surface area contributed by atoms with Crippen molar-refractivity contribution in [1.82, 2.24) is 9.88 Å². The number of nitro groups is 1. The third-order valence-electron chi connectivity index (χ3n) is 3.30. The minimum atomic E-state index is -0.435. The minimum Gasteiger partial charge on any atom is -0.481 e. The Morgan fingerprint density at radius 2 is 2.42 bits per heavy atom. The number of ether oxygens (including phenoxy) is 1. The van der Waals surface area contributed by atoms with Gasteiger partial charge in [-0.05, 0) is 25.9 Å². The van der Waals surface area contributed by atoms with Crippen molar-refractivity contribution >= 4 is 11.5 Å². The molecule has 1 aromatic rings. The average molecular weight is 266 g/mol. The number of aromatic nitrogens is 1. The highest BCUT2D eigenvalue weighted by atomic mass is 16.6. The van der Waals surface area contributed by atoms with Gasteiger partial charge in [0.2, 0.25) is 11.7 Å². The largest absolute Gasteiger partial charge is 0.481 e. The van der Waals surface area contributed by atoms with Gasteiger partial charge in [0.25, 0.3) is 0 Å². The van der Waals surface area contributed by atoms with E-state index in [2.05, 4.69) is 22.2 Å². The maximum atomic E-state index is 10.9. The van der Waals surface area contributed by atoms with Gasteiger partial charge in [-0.1, -0.05) is 0 Å². The van der Waals surface area contributed by atoms with E-state index < -0.39 is 4.92 Å². The zero-order chi connectivity index (χ0) is 13.8. The van der Waals surface area contributed by atoms with E-state index in [0.717, 1.165) is 19.5 Å². The minimum absolute atomic E-state index is 0.0212. The normalized spacial score (nSPS) is 19.4. The molecular weight excluding hydrogens is 248 g/mol. The fourth-order valence-corrected chi connectivity index (χ4v) is 2.26. The number of hydrogen-bond acceptors (Lipinski definition) is 6. The molecule has 1 unspecified atom stereocenters. The quantitative estimate of drug-likeness (QED) is 0.640. The lowest BCUT2D eigenvalue weighted by Crippen LogP contribution is -2.19. The molecule has 2 heterocycles. The van der Waals surface area contributed by atoms with Crippen LogP contribution in [-0.4, -0.2) is 48.6 Å². The zero-order valence-electron chi connectivity index (χ0n) is 11.1. The van der Waals surface area contributed by atoms with Gasteiger partial charge in [-0.3, -0.25) is 10.1 Å². The summed E-state index contributed by atoms with van der Waals surface area (Å²) in [6.07, 6.45) is 1.10. The molecule has 1 N–H and O–H groups in total. The Balaban J connectivity index is 2.06. The maximum absolute atomic E-state index is 10.9. The summed E-state index contributed by atoms with van der Waals surface area (Å²) in [5, 5.41) is 14.0. The topological polar surface area (TPSA) is 80.5 Å². The molecule has 0 saturated carbocycles. The predicted octanol–water partition coefficient (Wildman–Crippen LogP) is 1.36. The van der Waals surface area contributed by atoms with Crippen molar-refractivity contribution in [3.05, 3.63) is 22.2 Å². The molecule has 1 aliphatic rings. The molecule has 0 bridgehead atoms. The number of pyridine rings is 1. The monoisotopic (exact) mass is 266 g/mol. The van der Waals surface area contributed by atoms with E-state index in [4.69, 9.17) is 4.74 Å². The van der Waals surface area contributed by atoms with Crippen LogP contribution >= 0.6 is 0 Å². The molecule has 0 aliphatic carbocycles. The first-order chi connectivity index (χ1) is 9.10. The number of methoxy groups -OCH3 is 1. The van der Waals surface area contributed by atoms with Crippen molar-refractivity contribution in [2.75, 3.05) is 39.1 Å². The number of rotatable bonds is 5. The average Bonchev–Trinajstić information content (AvgIpc) is 2.81. The fraction of sp³-hybridized carbons (Fsp3) is 0.583. The van der Waals surface area contributed by atoms with Gasteiger partial charge in [0, 0.05) is 25.2 Å². The molecule has 0 radical (unpaired) electrons. The van der Waals surface area contributed by atoms with Crippen LogP contribution in [0.4, 0.5) is 11.5 Å². The van der Waals surface area contributed by atoms with Gasteiger partial charge in [-0.15, -0.1) is 0 Å². The summed E-state index contributed by atoms with van der Waals surface area (Å²) in [4.78, 5) is 16.9. The summed E-state index contributed by atoms with van der Waals surface area (Å²) in [7, 11) is 3.57. The van der Waals surface area contributed by atoms with Crippen molar-refractivity contribution in [3.63, 3.8) is 0 Å². The second-order valence-corrected chi connectivity index (χ2v) is 4.78. The number of nitrogens with zero attached hydrogens (tertiary/aromatic N) is 3. The van der Waals surface area contributed by atoms with Crippen LogP contribution in [-0.2, 0) is 0 Å². The van der Waals surface area contributed by atoms with Gasteiger partial charge >= 0.3 is 5.69 Å². The third-order valence-corrected chi connectivity index (χ3v) is 3.30. The third kappa shape index (κ3) is 3.31. The van der Waals surface area contributed by atoms with Crippen LogP contribution in [0.2, 0.25) is 0 Å². The molecule has 1 aromatic heterocycles. The molecule has 104 valence electrons. The Bertz CT molecular complexity index is 466. The number of nitrogens with one attached hydrogen (secondary N) is 1. The molecule has 1 saturated heterocycles. The van der Waals surface area contributed by atoms with Crippen LogP contribution in [0.25, 0.3) is 0 Å². The van der Waals surface area contributed by atoms with E-state index >= 15 is 0 Å². The van der Waals surface area contributed by atoms with Crippen LogP contribution in [0, 0.1) is 16.0 Å². The molecule has 19 heavy (non-hydrogen) atoms. The molecule has 2 rings (SSSR count). The van der Waals surface area contributed by atoms with Gasteiger partial charge in [0.1, 0.15) is 0 Å². The van der Waals surface area contributed by atoms with Crippen LogP contribution in [0.3, 0.4) is 0 Å². The lowest BCUT2D eigenvalue weighted by atomic mass is 10.1. The summed E-state index contributed by atoms with van der Waals surface area (Å²) in [5.74, 6) is 1.15. The molecular formula is C12H18N4O3. The van der Waals surface area contributed by atoms with Gasteiger partial charge in [0.05, 0.1) is 12.0 Å². The SMILES string of the molecule is COc1ccc([N+](=O)[O-])c(NCC2CCN(C)C2)n1. The number of anilines is 1. The van der Waals surface area contributed by atoms with Crippen LogP contribution in [0.1, 0.15) is 6.42 Å². The second kappa shape index (κ2) is 5.83. The highest BCUT2D eigenvalue weighted by molar-refractivity contribution is 5.57. The van der Waals surface area contributed by atoms with E-state index in [1.165, 1.54) is 19.2 Å². The molecule has 1 atom stereocenters. The Labute approximate surface area is 111 Å². The van der Waals surface area contributed by atoms with E-state index in [1.54, 1.807) is 0 Å². The first-order valence-electron chi connectivity index (χ1n) is 6.22. The lowest BCUT2D eigenvalue weighted by molar-refractivity contribution is -0.384. The van der Waals surface area contributed by atoms with Crippen molar-refractivity contribution in [1.29, 1.82) is 0 Å². The van der Waals surface area contributed by atoms with Crippen molar-refractivity contribution < 1.29 is 9.66 Å². The molecule has 1 aliphatic heterocycles. The summed E-state index contributed by atoms with van der Waals surface area (Å²) >= 11 is 0. The highest BCUT2D eigenvalue weighted by Gasteiger charge is 2.21. The molecule has 7 heteroatoms. The molecule has 0 spiro atoms. The van der Waals surface area contributed by atoms with E-state index in [9.17, 15) is 10.1 Å².